The number of methoxy groups -OCH3 is 3. The SMILES string of the molecule is CCC1=C[C@@H]2CN(C1)Cc1c([nH]c3ccccc13)[C@@](C(=O)OC)(c1cc3c(cc1OC)N(C)[C@H]1[C@@](O)(C(=O)OC)[C@H](OC(C)=O)[C@]4(CC)C=CCN5CC[C@]31[C@@H]54)C2.Nc1nc2[nH]cc(CCc3ccc(C(=O)N[C@@H](CCC(=O)O)C(=O)O)cc3)c2c(=O)[nH]1. The molecule has 5 aliphatic heterocycles. The number of carboxylic acids is 2. The lowest BCUT2D eigenvalue weighted by Crippen LogP contribution is -2.81. The summed E-state index contributed by atoms with van der Waals surface area (Å²) in [7, 11) is 6.22. The van der Waals surface area contributed by atoms with Gasteiger partial charge in [-0.2, -0.15) is 4.98 Å². The number of nitrogen functional groups attached to an aromatic ring is 1. The van der Waals surface area contributed by atoms with Crippen LogP contribution < -0.4 is 26.2 Å². The fourth-order valence-electron chi connectivity index (χ4n) is 16.0. The highest BCUT2D eigenvalue weighted by Gasteiger charge is 2.80. The fourth-order valence-corrected chi connectivity index (χ4v) is 16.0. The van der Waals surface area contributed by atoms with Crippen molar-refractivity contribution in [3.05, 3.63) is 140 Å². The summed E-state index contributed by atoms with van der Waals surface area (Å²) in [6.07, 6.45) is 9.95. The lowest BCUT2D eigenvalue weighted by atomic mass is 9.47. The number of carbonyl (C=O) groups is 6. The van der Waals surface area contributed by atoms with Gasteiger partial charge in [0.25, 0.3) is 11.5 Å². The first-order chi connectivity index (χ1) is 42.1. The number of aliphatic hydroxyl groups is 1. The van der Waals surface area contributed by atoms with E-state index >= 15 is 4.79 Å². The summed E-state index contributed by atoms with van der Waals surface area (Å²) < 4.78 is 23.9. The number of ether oxygens (including phenoxy) is 4. The summed E-state index contributed by atoms with van der Waals surface area (Å²) in [5, 5.41) is 35.0. The number of rotatable bonds is 16. The number of benzene rings is 3. The average Bonchev–Trinajstić information content (AvgIpc) is 1.46. The molecule has 0 radical (unpaired) electrons. The number of aromatic amines is 3. The summed E-state index contributed by atoms with van der Waals surface area (Å²) in [6.45, 7) is 9.19. The van der Waals surface area contributed by atoms with Crippen molar-refractivity contribution in [1.29, 1.82) is 0 Å². The van der Waals surface area contributed by atoms with Gasteiger partial charge in [0.15, 0.2) is 6.10 Å². The number of aryl methyl sites for hydroxylation is 2. The topological polar surface area (TPSA) is 325 Å². The quantitative estimate of drug-likeness (QED) is 0.0341. The van der Waals surface area contributed by atoms with E-state index in [1.165, 1.54) is 26.7 Å². The second kappa shape index (κ2) is 23.4. The number of nitrogens with one attached hydrogen (secondary N) is 4. The number of anilines is 2. The van der Waals surface area contributed by atoms with E-state index in [1.807, 2.05) is 37.1 Å². The summed E-state index contributed by atoms with van der Waals surface area (Å²) in [5.74, 6) is -4.31. The second-order valence-corrected chi connectivity index (χ2v) is 24.2. The zero-order valence-electron chi connectivity index (χ0n) is 50.4. The van der Waals surface area contributed by atoms with E-state index < -0.39 is 69.8 Å². The Labute approximate surface area is 507 Å². The Morgan fingerprint density at radius 2 is 1.68 bits per heavy atom. The monoisotopic (exact) mass is 1210 g/mol. The van der Waals surface area contributed by atoms with Gasteiger partial charge >= 0.3 is 29.8 Å². The van der Waals surface area contributed by atoms with E-state index in [0.717, 1.165) is 64.0 Å². The highest BCUT2D eigenvalue weighted by Crippen LogP contribution is 2.68. The molecule has 12 rings (SSSR count). The Morgan fingerprint density at radius 3 is 2.36 bits per heavy atom. The van der Waals surface area contributed by atoms with Crippen LogP contribution in [0.25, 0.3) is 21.9 Å². The number of hydrogen-bond donors (Lipinski definition) is 8. The van der Waals surface area contributed by atoms with Crippen LogP contribution in [0.1, 0.15) is 103 Å². The number of carboxylic acid groups (broad SMARTS) is 2. The predicted octanol–water partition coefficient (Wildman–Crippen LogP) is 5.42. The van der Waals surface area contributed by atoms with E-state index in [0.29, 0.717) is 74.1 Å². The molecule has 1 saturated carbocycles. The van der Waals surface area contributed by atoms with Crippen LogP contribution in [0.15, 0.2) is 95.5 Å². The lowest BCUT2D eigenvalue weighted by Gasteiger charge is -2.63. The number of nitrogens with zero attached hydrogens (tertiary/aromatic N) is 4. The van der Waals surface area contributed by atoms with Gasteiger partial charge in [-0.15, -0.1) is 0 Å². The van der Waals surface area contributed by atoms with Gasteiger partial charge in [0.05, 0.1) is 32.8 Å². The van der Waals surface area contributed by atoms with Crippen molar-refractivity contribution in [3.8, 4) is 5.75 Å². The van der Waals surface area contributed by atoms with Crippen molar-refractivity contribution < 1.29 is 63.0 Å². The molecule has 1 spiro atoms. The third-order valence-corrected chi connectivity index (χ3v) is 19.6. The number of nitrogens with two attached hydrogens (primary N) is 1. The molecule has 1 unspecified atom stereocenters. The number of esters is 3. The third kappa shape index (κ3) is 9.77. The molecule has 6 aromatic rings. The highest BCUT2D eigenvalue weighted by molar-refractivity contribution is 5.97. The van der Waals surface area contributed by atoms with E-state index in [9.17, 15) is 33.9 Å². The Kier molecular flexibility index (Phi) is 16.2. The van der Waals surface area contributed by atoms with Gasteiger partial charge < -0.3 is 60.2 Å². The third-order valence-electron chi connectivity index (χ3n) is 19.6. The minimum Gasteiger partial charge on any atom is -0.496 e. The van der Waals surface area contributed by atoms with Gasteiger partial charge in [0.1, 0.15) is 22.9 Å². The number of aliphatic carboxylic acids is 2. The summed E-state index contributed by atoms with van der Waals surface area (Å²) in [6, 6.07) is 16.5. The maximum Gasteiger partial charge on any atom is 0.344 e. The average molecular weight is 1210 g/mol. The number of amides is 1. The van der Waals surface area contributed by atoms with Crippen LogP contribution in [0.2, 0.25) is 0 Å². The highest BCUT2D eigenvalue weighted by atomic mass is 16.6. The largest absolute Gasteiger partial charge is 0.496 e. The predicted molar refractivity (Wildman–Crippen MR) is 325 cm³/mol. The van der Waals surface area contributed by atoms with Gasteiger partial charge in [-0.3, -0.25) is 38.8 Å². The molecule has 23 heteroatoms. The number of para-hydroxylation sites is 1. The summed E-state index contributed by atoms with van der Waals surface area (Å²) in [5.41, 5.74) is 8.63. The molecule has 1 aliphatic carbocycles. The van der Waals surface area contributed by atoms with Crippen LogP contribution in [0, 0.1) is 11.3 Å². The fraction of sp³-hybridized carbons (Fsp3) is 0.446. The van der Waals surface area contributed by atoms with Crippen LogP contribution in [-0.4, -0.2) is 165 Å². The van der Waals surface area contributed by atoms with E-state index in [4.69, 9.17) is 34.9 Å². The first-order valence-corrected chi connectivity index (χ1v) is 29.8. The zero-order valence-corrected chi connectivity index (χ0v) is 50.4. The number of likely N-dealkylation sites (N-methyl/N-ethyl adjacent to an activating group) is 1. The van der Waals surface area contributed by atoms with Gasteiger partial charge in [-0.25, -0.2) is 9.59 Å². The molecule has 88 heavy (non-hydrogen) atoms. The van der Waals surface area contributed by atoms with Gasteiger partial charge in [-0.1, -0.05) is 68.0 Å². The number of carbonyl (C=O) groups excluding carboxylic acids is 4. The molecular formula is C65H75N9O14. The van der Waals surface area contributed by atoms with Crippen LogP contribution in [0.4, 0.5) is 11.6 Å². The molecular weight excluding hydrogens is 1130 g/mol. The molecule has 1 amide bonds. The van der Waals surface area contributed by atoms with E-state index in [-0.39, 0.29) is 47.8 Å². The van der Waals surface area contributed by atoms with Crippen molar-refractivity contribution in [2.45, 2.75) is 119 Å². The number of aromatic nitrogens is 4. The molecule has 10 atom stereocenters. The minimum atomic E-state index is -2.27. The zero-order chi connectivity index (χ0) is 62.8. The molecule has 2 fully saturated rings. The maximum atomic E-state index is 15.2. The Bertz CT molecular complexity index is 3910. The molecule has 1 saturated heterocycles. The van der Waals surface area contributed by atoms with Crippen molar-refractivity contribution in [1.82, 2.24) is 35.1 Å². The van der Waals surface area contributed by atoms with Crippen LogP contribution in [0.3, 0.4) is 0 Å². The Morgan fingerprint density at radius 1 is 0.932 bits per heavy atom. The number of hydrogen-bond acceptors (Lipinski definition) is 17. The van der Waals surface area contributed by atoms with Crippen molar-refractivity contribution in [2.24, 2.45) is 11.3 Å². The van der Waals surface area contributed by atoms with E-state index in [1.54, 1.807) is 37.6 Å². The normalized spacial score (nSPS) is 26.8. The van der Waals surface area contributed by atoms with Crippen molar-refractivity contribution in [3.63, 3.8) is 0 Å². The van der Waals surface area contributed by atoms with Crippen molar-refractivity contribution >= 4 is 69.3 Å². The first-order valence-electron chi connectivity index (χ1n) is 29.8. The standard InChI is InChI=1S/C45H54N4O8.C20H21N5O6/c1-8-27-19-28-22-44(40(51)55-6,36-30(25-48(23-27)24-28)29-13-10-11-14-33(29)46-36)32-20-31-34(21-35(32)54-5)47(4)38-43(31)16-18-49-17-12-15-42(9-2,37(43)49)39(57-26(3)50)45(38,53)41(52)56-7;21-20-24-16-15(18(29)25-20)12(9-22-16)6-3-10-1-4-11(5-2-10)17(28)23-13(19(30)31)7-8-14(26)27/h10-15,19-21,28,37-39,46,53H,8-9,16-18,22-25H2,1-7H3;1-2,4-5,9,13H,3,6-8H2,(H,23,28)(H,26,27)(H,30,31)(H4,21,22,24,25,29)/t28-,37-,38+,39+,42+,43+,44-,45-;13-/m00/s1. The maximum absolute atomic E-state index is 15.2. The summed E-state index contributed by atoms with van der Waals surface area (Å²) >= 11 is 0. The summed E-state index contributed by atoms with van der Waals surface area (Å²) in [4.78, 5) is 109. The number of fused-ring (bicyclic) bond motifs is 7. The molecule has 3 aromatic heterocycles. The van der Waals surface area contributed by atoms with Gasteiger partial charge in [0, 0.05) is 109 Å². The van der Waals surface area contributed by atoms with Crippen molar-refractivity contribution in [2.75, 3.05) is 65.2 Å². The molecule has 9 N–H and O–H groups in total. The molecule has 3 aromatic carbocycles. The second-order valence-electron chi connectivity index (χ2n) is 24.2. The van der Waals surface area contributed by atoms with Crippen LogP contribution >= 0.6 is 0 Å². The molecule has 23 nitrogen and oxygen atoms in total. The lowest BCUT2D eigenvalue weighted by molar-refractivity contribution is -0.228. The molecule has 8 heterocycles. The molecule has 6 aliphatic rings. The van der Waals surface area contributed by atoms with Gasteiger partial charge in [-0.05, 0) is 104 Å². The molecule has 2 bridgehead atoms. The Balaban J connectivity index is 0.000000219. The first kappa shape index (κ1) is 60.9. The van der Waals surface area contributed by atoms with Gasteiger partial charge in [0.2, 0.25) is 11.5 Å². The number of H-pyrrole nitrogens is 3. The van der Waals surface area contributed by atoms with Crippen LogP contribution in [0.5, 0.6) is 5.75 Å². The smallest absolute Gasteiger partial charge is 0.344 e. The Hall–Kier alpha value is -8.80. The molecule has 464 valence electrons. The van der Waals surface area contributed by atoms with E-state index in [2.05, 4.69) is 78.4 Å². The minimum absolute atomic E-state index is 0.0284. The van der Waals surface area contributed by atoms with Crippen LogP contribution in [-0.2, 0) is 68.4 Å².